The molecule has 0 spiro atoms. The van der Waals surface area contributed by atoms with Gasteiger partial charge in [0.25, 0.3) is 11.6 Å². The highest BCUT2D eigenvalue weighted by Crippen LogP contribution is 2.25. The van der Waals surface area contributed by atoms with Gasteiger partial charge >= 0.3 is 0 Å². The van der Waals surface area contributed by atoms with Crippen LogP contribution in [0.15, 0.2) is 59.5 Å². The van der Waals surface area contributed by atoms with E-state index < -0.39 is 10.8 Å². The van der Waals surface area contributed by atoms with Crippen LogP contribution in [0, 0.1) is 17.0 Å². The average molecular weight is 363 g/mol. The van der Waals surface area contributed by atoms with Crippen molar-refractivity contribution in [2.24, 2.45) is 0 Å². The van der Waals surface area contributed by atoms with E-state index in [1.807, 2.05) is 0 Å². The number of oxazole rings is 1. The van der Waals surface area contributed by atoms with Gasteiger partial charge in [0.05, 0.1) is 11.3 Å². The lowest BCUT2D eigenvalue weighted by Crippen LogP contribution is -2.12. The molecule has 0 bridgehead atoms. The van der Waals surface area contributed by atoms with Crippen LogP contribution in [0.1, 0.15) is 16.2 Å². The molecule has 0 fully saturated rings. The van der Waals surface area contributed by atoms with Gasteiger partial charge in [-0.15, -0.1) is 0 Å². The predicted molar refractivity (Wildman–Crippen MR) is 96.9 cm³/mol. The summed E-state index contributed by atoms with van der Waals surface area (Å²) in [5.41, 5.74) is 2.05. The summed E-state index contributed by atoms with van der Waals surface area (Å²) >= 11 is 0. The number of benzene rings is 2. The fourth-order valence-corrected chi connectivity index (χ4v) is 2.75. The van der Waals surface area contributed by atoms with Crippen molar-refractivity contribution in [2.45, 2.75) is 6.92 Å². The topological polar surface area (TPSA) is 116 Å². The smallest absolute Gasteiger partial charge is 0.294 e. The first-order valence-corrected chi connectivity index (χ1v) is 7.96. The Hall–Kier alpha value is -4.01. The van der Waals surface area contributed by atoms with E-state index in [0.717, 1.165) is 0 Å². The monoisotopic (exact) mass is 363 g/mol. The zero-order valence-corrected chi connectivity index (χ0v) is 14.1. The molecule has 134 valence electrons. The van der Waals surface area contributed by atoms with E-state index in [1.165, 1.54) is 35.3 Å². The first-order valence-electron chi connectivity index (χ1n) is 7.96. The summed E-state index contributed by atoms with van der Waals surface area (Å²) in [6.07, 6.45) is 4.57. The Morgan fingerprint density at radius 2 is 2.11 bits per heavy atom. The molecule has 2 aromatic heterocycles. The van der Waals surface area contributed by atoms with Gasteiger partial charge in [-0.1, -0.05) is 0 Å². The zero-order valence-electron chi connectivity index (χ0n) is 14.1. The van der Waals surface area contributed by atoms with Gasteiger partial charge in [-0.3, -0.25) is 14.9 Å². The Labute approximate surface area is 152 Å². The highest BCUT2D eigenvalue weighted by atomic mass is 16.6. The molecule has 4 rings (SSSR count). The molecule has 27 heavy (non-hydrogen) atoms. The number of anilines is 1. The van der Waals surface area contributed by atoms with Gasteiger partial charge in [0.1, 0.15) is 11.2 Å². The number of carbonyl (C=O) groups is 1. The molecule has 1 N–H and O–H groups in total. The van der Waals surface area contributed by atoms with Gasteiger partial charge in [0, 0.05) is 36.6 Å². The molecular formula is C18H13N5O4. The number of hydrogen-bond acceptors (Lipinski definition) is 6. The van der Waals surface area contributed by atoms with Crippen LogP contribution in [-0.4, -0.2) is 25.4 Å². The number of nitro groups is 1. The van der Waals surface area contributed by atoms with Gasteiger partial charge < -0.3 is 14.3 Å². The zero-order chi connectivity index (χ0) is 19.0. The number of nitrogens with zero attached hydrogens (tertiary/aromatic N) is 4. The third-order valence-electron chi connectivity index (χ3n) is 3.97. The van der Waals surface area contributed by atoms with E-state index in [1.54, 1.807) is 31.3 Å². The van der Waals surface area contributed by atoms with Crippen molar-refractivity contribution in [2.75, 3.05) is 5.32 Å². The number of hydrogen-bond donors (Lipinski definition) is 1. The van der Waals surface area contributed by atoms with Crippen LogP contribution in [-0.2, 0) is 0 Å². The molecule has 0 saturated heterocycles. The second kappa shape index (κ2) is 6.37. The van der Waals surface area contributed by atoms with Crippen molar-refractivity contribution in [3.05, 3.63) is 76.7 Å². The molecule has 9 heteroatoms. The van der Waals surface area contributed by atoms with Crippen LogP contribution < -0.4 is 5.32 Å². The summed E-state index contributed by atoms with van der Waals surface area (Å²) in [5.74, 6) is 0.0639. The molecule has 0 saturated carbocycles. The second-order valence-corrected chi connectivity index (χ2v) is 5.80. The van der Waals surface area contributed by atoms with Crippen molar-refractivity contribution < 1.29 is 14.1 Å². The summed E-state index contributed by atoms with van der Waals surface area (Å²) < 4.78 is 6.91. The number of imidazole rings is 1. The largest absolute Gasteiger partial charge is 0.441 e. The van der Waals surface area contributed by atoms with Gasteiger partial charge in [-0.05, 0) is 30.3 Å². The van der Waals surface area contributed by atoms with Crippen molar-refractivity contribution in [1.29, 1.82) is 0 Å². The van der Waals surface area contributed by atoms with E-state index in [2.05, 4.69) is 15.3 Å². The highest BCUT2D eigenvalue weighted by Gasteiger charge is 2.19. The number of aryl methyl sites for hydroxylation is 1. The van der Waals surface area contributed by atoms with Gasteiger partial charge in [0.2, 0.25) is 0 Å². The van der Waals surface area contributed by atoms with Gasteiger partial charge in [-0.25, -0.2) is 9.97 Å². The molecule has 0 unspecified atom stereocenters. The Morgan fingerprint density at radius 3 is 2.85 bits per heavy atom. The summed E-state index contributed by atoms with van der Waals surface area (Å²) in [7, 11) is 0. The molecule has 0 atom stereocenters. The highest BCUT2D eigenvalue weighted by molar-refractivity contribution is 6.05. The van der Waals surface area contributed by atoms with E-state index in [4.69, 9.17) is 4.42 Å². The first-order chi connectivity index (χ1) is 13.0. The van der Waals surface area contributed by atoms with E-state index in [0.29, 0.717) is 28.4 Å². The Kier molecular flexibility index (Phi) is 3.88. The minimum Gasteiger partial charge on any atom is -0.441 e. The van der Waals surface area contributed by atoms with Crippen molar-refractivity contribution in [1.82, 2.24) is 14.5 Å². The molecule has 0 radical (unpaired) electrons. The summed E-state index contributed by atoms with van der Waals surface area (Å²) in [6.45, 7) is 1.74. The van der Waals surface area contributed by atoms with Crippen LogP contribution in [0.4, 0.5) is 11.4 Å². The Bertz CT molecular complexity index is 1160. The Balaban J connectivity index is 1.64. The van der Waals surface area contributed by atoms with Crippen LogP contribution >= 0.6 is 0 Å². The van der Waals surface area contributed by atoms with E-state index in [9.17, 15) is 14.9 Å². The van der Waals surface area contributed by atoms with Crippen LogP contribution in [0.5, 0.6) is 0 Å². The van der Waals surface area contributed by atoms with E-state index >= 15 is 0 Å². The summed E-state index contributed by atoms with van der Waals surface area (Å²) in [4.78, 5) is 31.5. The maximum absolute atomic E-state index is 12.5. The standard InChI is InChI=1S/C18H13N5O4/c1-11-20-14-9-13(3-5-17(14)27-11)21-18(24)12-2-4-15(16(8-12)23(25)26)22-7-6-19-10-22/h2-10H,1H3,(H,21,24). The minimum absolute atomic E-state index is 0.169. The molecule has 9 nitrogen and oxygen atoms in total. The molecule has 1 amide bonds. The maximum atomic E-state index is 12.5. The number of nitrogens with one attached hydrogen (secondary N) is 1. The second-order valence-electron chi connectivity index (χ2n) is 5.80. The van der Waals surface area contributed by atoms with Crippen LogP contribution in [0.2, 0.25) is 0 Å². The number of carbonyl (C=O) groups excluding carboxylic acids is 1. The van der Waals surface area contributed by atoms with Crippen molar-refractivity contribution in [3.8, 4) is 5.69 Å². The average Bonchev–Trinajstić information content (AvgIpc) is 3.29. The molecule has 4 aromatic rings. The molecule has 0 aliphatic carbocycles. The van der Waals surface area contributed by atoms with Crippen LogP contribution in [0.25, 0.3) is 16.8 Å². The molecule has 0 aliphatic rings. The predicted octanol–water partition coefficient (Wildman–Crippen LogP) is 3.48. The molecular weight excluding hydrogens is 350 g/mol. The van der Waals surface area contributed by atoms with Gasteiger partial charge in [0.15, 0.2) is 11.5 Å². The molecule has 0 aliphatic heterocycles. The lowest BCUT2D eigenvalue weighted by molar-refractivity contribution is -0.384. The van der Waals surface area contributed by atoms with E-state index in [-0.39, 0.29) is 11.3 Å². The third-order valence-corrected chi connectivity index (χ3v) is 3.97. The van der Waals surface area contributed by atoms with Crippen molar-refractivity contribution in [3.63, 3.8) is 0 Å². The van der Waals surface area contributed by atoms with Gasteiger partial charge in [-0.2, -0.15) is 0 Å². The first kappa shape index (κ1) is 16.5. The minimum atomic E-state index is -0.531. The van der Waals surface area contributed by atoms with Crippen molar-refractivity contribution >= 4 is 28.4 Å². The summed E-state index contributed by atoms with van der Waals surface area (Å²) in [5, 5.41) is 14.1. The lowest BCUT2D eigenvalue weighted by Gasteiger charge is -2.08. The van der Waals surface area contributed by atoms with Crippen LogP contribution in [0.3, 0.4) is 0 Å². The fraction of sp³-hybridized carbons (Fsp3) is 0.0556. The number of aromatic nitrogens is 3. The number of rotatable bonds is 4. The quantitative estimate of drug-likeness (QED) is 0.438. The third kappa shape index (κ3) is 3.13. The molecule has 2 aromatic carbocycles. The normalized spacial score (nSPS) is 10.9. The fourth-order valence-electron chi connectivity index (χ4n) is 2.75. The summed E-state index contributed by atoms with van der Waals surface area (Å²) in [6, 6.07) is 9.34. The SMILES string of the molecule is Cc1nc2cc(NC(=O)c3ccc(-n4ccnc4)c([N+](=O)[O-])c3)ccc2o1. The number of nitro benzene ring substituents is 1. The molecule has 2 heterocycles. The number of amides is 1. The number of fused-ring (bicyclic) bond motifs is 1. The Morgan fingerprint density at radius 1 is 1.26 bits per heavy atom. The maximum Gasteiger partial charge on any atom is 0.294 e. The lowest BCUT2D eigenvalue weighted by atomic mass is 10.1.